The molecule has 0 atom stereocenters. The number of benzene rings is 1. The van der Waals surface area contributed by atoms with Gasteiger partial charge in [-0.15, -0.1) is 0 Å². The highest BCUT2D eigenvalue weighted by atomic mass is 79.9. The first-order chi connectivity index (χ1) is 12.7. The van der Waals surface area contributed by atoms with Crippen LogP contribution in [0.15, 0.2) is 22.7 Å². The van der Waals surface area contributed by atoms with Gasteiger partial charge in [-0.3, -0.25) is 0 Å². The summed E-state index contributed by atoms with van der Waals surface area (Å²) in [6, 6.07) is 5.99. The van der Waals surface area contributed by atoms with E-state index in [0.29, 0.717) is 12.5 Å². The van der Waals surface area contributed by atoms with Gasteiger partial charge in [0, 0.05) is 12.1 Å². The summed E-state index contributed by atoms with van der Waals surface area (Å²) in [6.45, 7) is 11.0. The van der Waals surface area contributed by atoms with Crippen LogP contribution < -0.4 is 4.74 Å². The number of hydrogen-bond acceptors (Lipinski definition) is 3. The minimum atomic E-state index is -0.504. The predicted molar refractivity (Wildman–Crippen MR) is 113 cm³/mol. The lowest BCUT2D eigenvalue weighted by Crippen LogP contribution is -2.39. The van der Waals surface area contributed by atoms with Gasteiger partial charge in [0.1, 0.15) is 11.4 Å². The van der Waals surface area contributed by atoms with Crippen molar-refractivity contribution < 1.29 is 14.3 Å². The lowest BCUT2D eigenvalue weighted by Gasteiger charge is -2.32. The molecule has 1 fully saturated rings. The van der Waals surface area contributed by atoms with Crippen LogP contribution in [0.1, 0.15) is 72.3 Å². The van der Waals surface area contributed by atoms with Crippen molar-refractivity contribution in [2.24, 2.45) is 5.92 Å². The van der Waals surface area contributed by atoms with Crippen molar-refractivity contribution in [1.29, 1.82) is 0 Å². The van der Waals surface area contributed by atoms with Gasteiger partial charge in [0.25, 0.3) is 0 Å². The molecule has 1 saturated carbocycles. The van der Waals surface area contributed by atoms with E-state index in [1.165, 1.54) is 32.1 Å². The van der Waals surface area contributed by atoms with Gasteiger partial charge in [-0.1, -0.05) is 31.4 Å². The Bertz CT molecular complexity index is 618. The number of amides is 1. The first kappa shape index (κ1) is 22.1. The lowest BCUT2D eigenvalue weighted by atomic mass is 9.89. The normalized spacial score (nSPS) is 15.7. The van der Waals surface area contributed by atoms with E-state index in [9.17, 15) is 4.79 Å². The first-order valence-electron chi connectivity index (χ1n) is 10.1. The van der Waals surface area contributed by atoms with Gasteiger partial charge in [0.15, 0.2) is 0 Å². The molecule has 1 aliphatic carbocycles. The monoisotopic (exact) mass is 439 g/mol. The van der Waals surface area contributed by atoms with E-state index < -0.39 is 5.60 Å². The third-order valence-electron chi connectivity index (χ3n) is 4.62. The van der Waals surface area contributed by atoms with Gasteiger partial charge in [-0.2, -0.15) is 0 Å². The zero-order valence-corrected chi connectivity index (χ0v) is 19.0. The molecule has 0 aliphatic heterocycles. The maximum Gasteiger partial charge on any atom is 0.410 e. The van der Waals surface area contributed by atoms with Gasteiger partial charge in [-0.05, 0) is 75.4 Å². The van der Waals surface area contributed by atoms with Crippen molar-refractivity contribution in [3.8, 4) is 5.75 Å². The Kier molecular flexibility index (Phi) is 8.02. The Hall–Kier alpha value is -1.23. The van der Waals surface area contributed by atoms with Crippen molar-refractivity contribution >= 4 is 22.0 Å². The molecular formula is C22H34BrNO3. The molecule has 1 aromatic carbocycles. The van der Waals surface area contributed by atoms with Crippen molar-refractivity contribution in [3.63, 3.8) is 0 Å². The number of carbonyl (C=O) groups is 1. The Morgan fingerprint density at radius 3 is 2.48 bits per heavy atom. The lowest BCUT2D eigenvalue weighted by molar-refractivity contribution is 0.0188. The largest absolute Gasteiger partial charge is 0.489 e. The molecule has 0 saturated heterocycles. The van der Waals surface area contributed by atoms with Gasteiger partial charge < -0.3 is 14.4 Å². The van der Waals surface area contributed by atoms with Crippen LogP contribution in [0.2, 0.25) is 0 Å². The third-order valence-corrected chi connectivity index (χ3v) is 5.24. The molecule has 27 heavy (non-hydrogen) atoms. The van der Waals surface area contributed by atoms with Crippen LogP contribution in [0.3, 0.4) is 0 Å². The summed E-state index contributed by atoms with van der Waals surface area (Å²) in [5.74, 6) is 1.36. The SMILES string of the molecule is CC(C)Oc1c(Br)cccc1CN(CC1CCCCC1)C(=O)OC(C)(C)C. The smallest absolute Gasteiger partial charge is 0.410 e. The van der Waals surface area contributed by atoms with Crippen molar-refractivity contribution in [3.05, 3.63) is 28.2 Å². The Morgan fingerprint density at radius 2 is 1.89 bits per heavy atom. The van der Waals surface area contributed by atoms with Crippen LogP contribution in [0.25, 0.3) is 0 Å². The van der Waals surface area contributed by atoms with Gasteiger partial charge in [-0.25, -0.2) is 4.79 Å². The van der Waals surface area contributed by atoms with Crippen LogP contribution in [-0.2, 0) is 11.3 Å². The van der Waals surface area contributed by atoms with E-state index in [1.807, 2.05) is 57.7 Å². The minimum absolute atomic E-state index is 0.0655. The van der Waals surface area contributed by atoms with Crippen molar-refractivity contribution in [2.75, 3.05) is 6.54 Å². The third kappa shape index (κ3) is 7.36. The number of rotatable bonds is 6. The van der Waals surface area contributed by atoms with Gasteiger partial charge in [0.2, 0.25) is 0 Å². The highest BCUT2D eigenvalue weighted by Crippen LogP contribution is 2.32. The summed E-state index contributed by atoms with van der Waals surface area (Å²) in [7, 11) is 0. The second-order valence-electron chi connectivity index (χ2n) is 8.76. The Balaban J connectivity index is 2.22. The number of carbonyl (C=O) groups excluding carboxylic acids is 1. The van der Waals surface area contributed by atoms with Gasteiger partial charge >= 0.3 is 6.09 Å². The molecular weight excluding hydrogens is 406 g/mol. The number of ether oxygens (including phenoxy) is 2. The molecule has 0 bridgehead atoms. The Morgan fingerprint density at radius 1 is 1.22 bits per heavy atom. The van der Waals surface area contributed by atoms with Crippen LogP contribution >= 0.6 is 15.9 Å². The van der Waals surface area contributed by atoms with Gasteiger partial charge in [0.05, 0.1) is 17.1 Å². The molecule has 1 aliphatic rings. The highest BCUT2D eigenvalue weighted by Gasteiger charge is 2.27. The molecule has 152 valence electrons. The number of halogens is 1. The van der Waals surface area contributed by atoms with E-state index in [4.69, 9.17) is 9.47 Å². The fourth-order valence-electron chi connectivity index (χ4n) is 3.46. The summed E-state index contributed by atoms with van der Waals surface area (Å²) in [6.07, 6.45) is 6.01. The Labute approximate surface area is 172 Å². The number of nitrogens with zero attached hydrogens (tertiary/aromatic N) is 1. The van der Waals surface area contributed by atoms with Crippen LogP contribution in [0, 0.1) is 5.92 Å². The number of hydrogen-bond donors (Lipinski definition) is 0. The highest BCUT2D eigenvalue weighted by molar-refractivity contribution is 9.10. The van der Waals surface area contributed by atoms with Crippen molar-refractivity contribution in [2.45, 2.75) is 85.0 Å². The molecule has 5 heteroatoms. The minimum Gasteiger partial charge on any atom is -0.489 e. The molecule has 0 unspecified atom stereocenters. The molecule has 0 spiro atoms. The summed E-state index contributed by atoms with van der Waals surface area (Å²) in [5.41, 5.74) is 0.496. The number of para-hydroxylation sites is 1. The summed E-state index contributed by atoms with van der Waals surface area (Å²) in [5, 5.41) is 0. The molecule has 0 N–H and O–H groups in total. The average molecular weight is 440 g/mol. The average Bonchev–Trinajstić information content (AvgIpc) is 2.56. The van der Waals surface area contributed by atoms with Crippen LogP contribution in [0.4, 0.5) is 4.79 Å². The molecule has 1 amide bonds. The van der Waals surface area contributed by atoms with E-state index in [2.05, 4.69) is 15.9 Å². The second-order valence-corrected chi connectivity index (χ2v) is 9.61. The zero-order valence-electron chi connectivity index (χ0n) is 17.4. The molecule has 0 heterocycles. The first-order valence-corrected chi connectivity index (χ1v) is 10.9. The quantitative estimate of drug-likeness (QED) is 0.503. The standard InChI is InChI=1S/C22H34BrNO3/c1-16(2)26-20-18(12-9-13-19(20)23)15-24(21(25)27-22(3,4)5)14-17-10-7-6-8-11-17/h9,12-13,16-17H,6-8,10-11,14-15H2,1-5H3. The van der Waals surface area contributed by atoms with E-state index in [1.54, 1.807) is 0 Å². The second kappa shape index (κ2) is 9.81. The van der Waals surface area contributed by atoms with E-state index in [0.717, 1.165) is 22.3 Å². The topological polar surface area (TPSA) is 38.8 Å². The summed E-state index contributed by atoms with van der Waals surface area (Å²) in [4.78, 5) is 14.8. The maximum atomic E-state index is 12.9. The van der Waals surface area contributed by atoms with E-state index >= 15 is 0 Å². The fraction of sp³-hybridized carbons (Fsp3) is 0.682. The molecule has 0 aromatic heterocycles. The zero-order chi connectivity index (χ0) is 20.0. The summed E-state index contributed by atoms with van der Waals surface area (Å²) >= 11 is 3.59. The van der Waals surface area contributed by atoms with Crippen molar-refractivity contribution in [1.82, 2.24) is 4.90 Å². The molecule has 1 aromatic rings. The van der Waals surface area contributed by atoms with Crippen LogP contribution in [0.5, 0.6) is 5.75 Å². The maximum absolute atomic E-state index is 12.9. The molecule has 4 nitrogen and oxygen atoms in total. The molecule has 2 rings (SSSR count). The molecule has 0 radical (unpaired) electrons. The van der Waals surface area contributed by atoms with E-state index in [-0.39, 0.29) is 12.2 Å². The predicted octanol–water partition coefficient (Wildman–Crippen LogP) is 6.55. The van der Waals surface area contributed by atoms with Crippen LogP contribution in [-0.4, -0.2) is 29.2 Å². The summed E-state index contributed by atoms with van der Waals surface area (Å²) < 4.78 is 12.6. The fourth-order valence-corrected chi connectivity index (χ4v) is 3.96.